The Hall–Kier alpha value is -1.49. The number of aryl methyl sites for hydroxylation is 1. The summed E-state index contributed by atoms with van der Waals surface area (Å²) in [6.45, 7) is 4.05. The van der Waals surface area contributed by atoms with E-state index in [4.69, 9.17) is 5.73 Å². The lowest BCUT2D eigenvalue weighted by molar-refractivity contribution is 0.0864. The lowest BCUT2D eigenvalue weighted by Gasteiger charge is -2.15. The van der Waals surface area contributed by atoms with Gasteiger partial charge in [0.2, 0.25) is 0 Å². The highest BCUT2D eigenvalue weighted by Crippen LogP contribution is 2.08. The Morgan fingerprint density at radius 3 is 2.69 bits per heavy atom. The first kappa shape index (κ1) is 12.6. The molecule has 1 unspecified atom stereocenters. The van der Waals surface area contributed by atoms with Gasteiger partial charge in [0.05, 0.1) is 11.8 Å². The van der Waals surface area contributed by atoms with Crippen LogP contribution in [0, 0.1) is 5.92 Å². The van der Waals surface area contributed by atoms with E-state index in [2.05, 4.69) is 5.32 Å². The largest absolute Gasteiger partial charge is 0.397 e. The van der Waals surface area contributed by atoms with Crippen molar-refractivity contribution in [3.63, 3.8) is 0 Å². The number of hydrogen-bond acceptors (Lipinski definition) is 3. The summed E-state index contributed by atoms with van der Waals surface area (Å²) in [6.07, 6.45) is 1.15. The van der Waals surface area contributed by atoms with Gasteiger partial charge in [-0.1, -0.05) is 13.8 Å². The van der Waals surface area contributed by atoms with E-state index in [1.165, 1.54) is 0 Å². The number of nitrogens with two attached hydrogens (primary N) is 1. The number of aliphatic hydroxyl groups excluding tert-OH is 1. The summed E-state index contributed by atoms with van der Waals surface area (Å²) in [5, 5.41) is 12.2. The Balaban J connectivity index is 2.56. The highest BCUT2D eigenvalue weighted by atomic mass is 16.3. The van der Waals surface area contributed by atoms with Crippen LogP contribution >= 0.6 is 0 Å². The molecule has 0 bridgehead atoms. The van der Waals surface area contributed by atoms with Crippen molar-refractivity contribution in [1.82, 2.24) is 9.88 Å². The van der Waals surface area contributed by atoms with Gasteiger partial charge in [0.15, 0.2) is 0 Å². The molecule has 1 rings (SSSR count). The first-order valence-corrected chi connectivity index (χ1v) is 5.30. The summed E-state index contributed by atoms with van der Waals surface area (Å²) in [6, 6.07) is 1.61. The Labute approximate surface area is 95.3 Å². The monoisotopic (exact) mass is 225 g/mol. The summed E-state index contributed by atoms with van der Waals surface area (Å²) in [5.74, 6) is -0.0994. The predicted octanol–water partition coefficient (Wildman–Crippen LogP) is 0.354. The fraction of sp³-hybridized carbons (Fsp3) is 0.545. The van der Waals surface area contributed by atoms with Gasteiger partial charge >= 0.3 is 0 Å². The Morgan fingerprint density at radius 2 is 2.25 bits per heavy atom. The van der Waals surface area contributed by atoms with Gasteiger partial charge in [0.1, 0.15) is 5.69 Å². The second-order valence-corrected chi connectivity index (χ2v) is 4.29. The van der Waals surface area contributed by atoms with Gasteiger partial charge in [0, 0.05) is 19.8 Å². The molecule has 0 fully saturated rings. The summed E-state index contributed by atoms with van der Waals surface area (Å²) in [7, 11) is 1.75. The number of rotatable bonds is 4. The molecule has 5 heteroatoms. The molecule has 0 saturated carbocycles. The molecule has 0 aliphatic rings. The lowest BCUT2D eigenvalue weighted by Crippen LogP contribution is -2.35. The number of aliphatic hydroxyl groups is 1. The fourth-order valence-corrected chi connectivity index (χ4v) is 1.34. The number of amides is 1. The molecule has 1 aromatic rings. The second-order valence-electron chi connectivity index (χ2n) is 4.29. The number of aromatic nitrogens is 1. The third-order valence-corrected chi connectivity index (χ3v) is 2.50. The van der Waals surface area contributed by atoms with E-state index < -0.39 is 6.10 Å². The van der Waals surface area contributed by atoms with Crippen molar-refractivity contribution in [2.75, 3.05) is 12.3 Å². The van der Waals surface area contributed by atoms with Crippen molar-refractivity contribution in [2.24, 2.45) is 13.0 Å². The first-order chi connectivity index (χ1) is 7.41. The minimum atomic E-state index is -0.526. The van der Waals surface area contributed by atoms with Crippen molar-refractivity contribution in [3.05, 3.63) is 18.0 Å². The Kier molecular flexibility index (Phi) is 3.95. The maximum Gasteiger partial charge on any atom is 0.268 e. The number of nitrogens with zero attached hydrogens (tertiary/aromatic N) is 1. The average molecular weight is 225 g/mol. The molecule has 0 aliphatic heterocycles. The van der Waals surface area contributed by atoms with Gasteiger partial charge in [-0.3, -0.25) is 4.79 Å². The SMILES string of the molecule is CC(C)C(O)CNC(=O)c1cc(N)cn1C. The van der Waals surface area contributed by atoms with Crippen LogP contribution in [0.15, 0.2) is 12.3 Å². The molecule has 1 heterocycles. The van der Waals surface area contributed by atoms with E-state index in [1.807, 2.05) is 13.8 Å². The number of hydrogen-bond donors (Lipinski definition) is 3. The summed E-state index contributed by atoms with van der Waals surface area (Å²) in [5.41, 5.74) is 6.62. The van der Waals surface area contributed by atoms with Crippen LogP contribution in [0.2, 0.25) is 0 Å². The molecule has 1 atom stereocenters. The molecule has 0 aliphatic carbocycles. The average Bonchev–Trinajstić information content (AvgIpc) is 2.53. The standard InChI is InChI=1S/C11H19N3O2/c1-7(2)10(15)5-13-11(16)9-4-8(12)6-14(9)3/h4,6-7,10,15H,5,12H2,1-3H3,(H,13,16). The van der Waals surface area contributed by atoms with Crippen molar-refractivity contribution in [3.8, 4) is 0 Å². The molecule has 1 amide bonds. The minimum Gasteiger partial charge on any atom is -0.397 e. The Bertz CT molecular complexity index is 371. The van der Waals surface area contributed by atoms with E-state index >= 15 is 0 Å². The topological polar surface area (TPSA) is 80.3 Å². The van der Waals surface area contributed by atoms with Gasteiger partial charge in [-0.05, 0) is 12.0 Å². The van der Waals surface area contributed by atoms with Gasteiger partial charge in [-0.15, -0.1) is 0 Å². The van der Waals surface area contributed by atoms with Gasteiger partial charge in [-0.25, -0.2) is 0 Å². The molecule has 16 heavy (non-hydrogen) atoms. The number of carbonyl (C=O) groups excluding carboxylic acids is 1. The number of carbonyl (C=O) groups is 1. The van der Waals surface area contributed by atoms with Crippen molar-refractivity contribution in [2.45, 2.75) is 20.0 Å². The van der Waals surface area contributed by atoms with Crippen LogP contribution in [0.5, 0.6) is 0 Å². The molecule has 5 nitrogen and oxygen atoms in total. The fourth-order valence-electron chi connectivity index (χ4n) is 1.34. The van der Waals surface area contributed by atoms with Crippen LogP contribution in [0.25, 0.3) is 0 Å². The molecule has 0 spiro atoms. The lowest BCUT2D eigenvalue weighted by atomic mass is 10.1. The van der Waals surface area contributed by atoms with E-state index in [1.54, 1.807) is 23.9 Å². The highest BCUT2D eigenvalue weighted by Gasteiger charge is 2.14. The maximum absolute atomic E-state index is 11.7. The second kappa shape index (κ2) is 5.03. The third-order valence-electron chi connectivity index (χ3n) is 2.50. The zero-order valence-corrected chi connectivity index (χ0v) is 9.90. The van der Waals surface area contributed by atoms with E-state index in [9.17, 15) is 9.90 Å². The molecule has 0 aromatic carbocycles. The molecular formula is C11H19N3O2. The van der Waals surface area contributed by atoms with E-state index in [0.29, 0.717) is 11.4 Å². The molecule has 0 saturated heterocycles. The van der Waals surface area contributed by atoms with Crippen LogP contribution in [0.1, 0.15) is 24.3 Å². The number of anilines is 1. The number of nitrogen functional groups attached to an aromatic ring is 1. The van der Waals surface area contributed by atoms with Crippen LogP contribution in [-0.4, -0.2) is 28.2 Å². The smallest absolute Gasteiger partial charge is 0.268 e. The van der Waals surface area contributed by atoms with E-state index in [-0.39, 0.29) is 18.4 Å². The van der Waals surface area contributed by atoms with Crippen molar-refractivity contribution >= 4 is 11.6 Å². The molecule has 90 valence electrons. The zero-order valence-electron chi connectivity index (χ0n) is 9.90. The highest BCUT2D eigenvalue weighted by molar-refractivity contribution is 5.93. The van der Waals surface area contributed by atoms with Crippen LogP contribution in [0.4, 0.5) is 5.69 Å². The first-order valence-electron chi connectivity index (χ1n) is 5.30. The Morgan fingerprint density at radius 1 is 1.62 bits per heavy atom. The quantitative estimate of drug-likeness (QED) is 0.692. The number of nitrogens with one attached hydrogen (secondary N) is 1. The summed E-state index contributed by atoms with van der Waals surface area (Å²) < 4.78 is 1.66. The van der Waals surface area contributed by atoms with Gasteiger partial charge in [-0.2, -0.15) is 0 Å². The van der Waals surface area contributed by atoms with Crippen LogP contribution in [0.3, 0.4) is 0 Å². The molecule has 4 N–H and O–H groups in total. The summed E-state index contributed by atoms with van der Waals surface area (Å²) >= 11 is 0. The van der Waals surface area contributed by atoms with Gasteiger partial charge < -0.3 is 20.7 Å². The molecule has 1 aromatic heterocycles. The van der Waals surface area contributed by atoms with Crippen LogP contribution in [-0.2, 0) is 7.05 Å². The minimum absolute atomic E-state index is 0.124. The van der Waals surface area contributed by atoms with Crippen molar-refractivity contribution < 1.29 is 9.90 Å². The molecule has 0 radical (unpaired) electrons. The van der Waals surface area contributed by atoms with Crippen LogP contribution < -0.4 is 11.1 Å². The predicted molar refractivity (Wildman–Crippen MR) is 63.0 cm³/mol. The van der Waals surface area contributed by atoms with E-state index in [0.717, 1.165) is 0 Å². The summed E-state index contributed by atoms with van der Waals surface area (Å²) in [4.78, 5) is 11.7. The normalized spacial score (nSPS) is 12.8. The molecular weight excluding hydrogens is 206 g/mol. The maximum atomic E-state index is 11.7. The zero-order chi connectivity index (χ0) is 12.3. The van der Waals surface area contributed by atoms with Gasteiger partial charge in [0.25, 0.3) is 5.91 Å². The van der Waals surface area contributed by atoms with Crippen molar-refractivity contribution in [1.29, 1.82) is 0 Å². The third kappa shape index (κ3) is 3.00.